The number of carbonyl (C=O) groups is 2. The molecule has 1 aromatic rings. The molecule has 7 heteroatoms. The molecule has 1 saturated heterocycles. The van der Waals surface area contributed by atoms with Crippen molar-refractivity contribution in [1.29, 1.82) is 0 Å². The Hall–Kier alpha value is -1.89. The summed E-state index contributed by atoms with van der Waals surface area (Å²) in [4.78, 5) is 25.5. The highest BCUT2D eigenvalue weighted by molar-refractivity contribution is 7.91. The normalized spacial score (nSPS) is 23.3. The molecule has 3 rings (SSSR count). The lowest BCUT2D eigenvalue weighted by atomic mass is 9.85. The maximum Gasteiger partial charge on any atom is 0.240 e. The quantitative estimate of drug-likeness (QED) is 0.784. The molecule has 2 N–H and O–H groups in total. The van der Waals surface area contributed by atoms with Gasteiger partial charge in [-0.2, -0.15) is 0 Å². The smallest absolute Gasteiger partial charge is 0.240 e. The van der Waals surface area contributed by atoms with Crippen LogP contribution in [0.1, 0.15) is 45.6 Å². The van der Waals surface area contributed by atoms with E-state index in [-0.39, 0.29) is 34.8 Å². The molecule has 0 radical (unpaired) electrons. The molecule has 2 fully saturated rings. The Morgan fingerprint density at radius 2 is 1.77 bits per heavy atom. The van der Waals surface area contributed by atoms with Crippen molar-refractivity contribution in [3.8, 4) is 0 Å². The standard InChI is InChI=1S/C19H26N2O4S/c1-18(2,3)14-6-4-5-7-15(14)21-17(23)19(9-10-19)16(22)20-13-8-11-26(24,25)12-13/h4-7,13H,8-12H2,1-3H3,(H,20,22)(H,21,23). The highest BCUT2D eigenvalue weighted by Crippen LogP contribution is 2.47. The predicted molar refractivity (Wildman–Crippen MR) is 101 cm³/mol. The van der Waals surface area contributed by atoms with Crippen LogP contribution >= 0.6 is 0 Å². The van der Waals surface area contributed by atoms with Crippen LogP contribution in [0.25, 0.3) is 0 Å². The first-order chi connectivity index (χ1) is 12.0. The number of amides is 2. The zero-order chi connectivity index (χ0) is 19.2. The number of sulfone groups is 1. The fourth-order valence-electron chi connectivity index (χ4n) is 3.40. The van der Waals surface area contributed by atoms with Crippen LogP contribution in [-0.4, -0.2) is 37.8 Å². The third-order valence-electron chi connectivity index (χ3n) is 5.17. The van der Waals surface area contributed by atoms with Crippen LogP contribution in [0.2, 0.25) is 0 Å². The van der Waals surface area contributed by atoms with Crippen molar-refractivity contribution in [3.63, 3.8) is 0 Å². The van der Waals surface area contributed by atoms with Gasteiger partial charge in [0.25, 0.3) is 0 Å². The van der Waals surface area contributed by atoms with E-state index in [2.05, 4.69) is 31.4 Å². The Balaban J connectivity index is 1.71. The summed E-state index contributed by atoms with van der Waals surface area (Å²) >= 11 is 0. The molecule has 1 aliphatic heterocycles. The first-order valence-electron chi connectivity index (χ1n) is 8.96. The Labute approximate surface area is 154 Å². The largest absolute Gasteiger partial charge is 0.351 e. The maximum atomic E-state index is 12.8. The van der Waals surface area contributed by atoms with E-state index in [0.717, 1.165) is 5.56 Å². The number of hydrogen-bond acceptors (Lipinski definition) is 4. The minimum absolute atomic E-state index is 0.0384. The van der Waals surface area contributed by atoms with Crippen LogP contribution in [0.15, 0.2) is 24.3 Å². The van der Waals surface area contributed by atoms with Crippen molar-refractivity contribution < 1.29 is 18.0 Å². The number of carbonyl (C=O) groups excluding carboxylic acids is 2. The molecular weight excluding hydrogens is 352 g/mol. The fourth-order valence-corrected chi connectivity index (χ4v) is 5.08. The lowest BCUT2D eigenvalue weighted by Crippen LogP contribution is -2.45. The molecule has 1 aliphatic carbocycles. The molecule has 1 unspecified atom stereocenters. The van der Waals surface area contributed by atoms with Gasteiger partial charge in [-0.05, 0) is 36.3 Å². The molecular formula is C19H26N2O4S. The van der Waals surface area contributed by atoms with Crippen molar-refractivity contribution in [1.82, 2.24) is 5.32 Å². The van der Waals surface area contributed by atoms with E-state index in [0.29, 0.717) is 24.9 Å². The number of benzene rings is 1. The van der Waals surface area contributed by atoms with E-state index in [1.165, 1.54) is 0 Å². The van der Waals surface area contributed by atoms with Crippen LogP contribution in [-0.2, 0) is 24.8 Å². The third-order valence-corrected chi connectivity index (χ3v) is 6.94. The summed E-state index contributed by atoms with van der Waals surface area (Å²) in [6.45, 7) is 6.20. The molecule has 1 heterocycles. The lowest BCUT2D eigenvalue weighted by Gasteiger charge is -2.24. The predicted octanol–water partition coefficient (Wildman–Crippen LogP) is 2.01. The summed E-state index contributed by atoms with van der Waals surface area (Å²) in [5.74, 6) is -0.614. The maximum absolute atomic E-state index is 12.8. The van der Waals surface area contributed by atoms with Crippen molar-refractivity contribution in [2.75, 3.05) is 16.8 Å². The number of anilines is 1. The van der Waals surface area contributed by atoms with E-state index >= 15 is 0 Å². The molecule has 1 saturated carbocycles. The van der Waals surface area contributed by atoms with Gasteiger partial charge >= 0.3 is 0 Å². The molecule has 0 bridgehead atoms. The van der Waals surface area contributed by atoms with Crippen LogP contribution in [0.4, 0.5) is 5.69 Å². The zero-order valence-corrected chi connectivity index (χ0v) is 16.3. The van der Waals surface area contributed by atoms with E-state index in [1.54, 1.807) is 0 Å². The van der Waals surface area contributed by atoms with Crippen LogP contribution < -0.4 is 10.6 Å². The van der Waals surface area contributed by atoms with Gasteiger partial charge in [0.15, 0.2) is 9.84 Å². The van der Waals surface area contributed by atoms with E-state index in [4.69, 9.17) is 0 Å². The number of rotatable bonds is 4. The molecule has 2 aliphatic rings. The molecule has 142 valence electrons. The second kappa shape index (κ2) is 6.37. The van der Waals surface area contributed by atoms with Crippen LogP contribution in [0.3, 0.4) is 0 Å². The van der Waals surface area contributed by atoms with Gasteiger partial charge in [0, 0.05) is 11.7 Å². The van der Waals surface area contributed by atoms with Gasteiger partial charge < -0.3 is 10.6 Å². The lowest BCUT2D eigenvalue weighted by molar-refractivity contribution is -0.134. The number of hydrogen-bond donors (Lipinski definition) is 2. The Morgan fingerprint density at radius 3 is 2.31 bits per heavy atom. The second-order valence-corrected chi connectivity index (χ2v) is 10.6. The second-order valence-electron chi connectivity index (χ2n) is 8.41. The van der Waals surface area contributed by atoms with Crippen molar-refractivity contribution in [3.05, 3.63) is 29.8 Å². The van der Waals surface area contributed by atoms with E-state index in [9.17, 15) is 18.0 Å². The SMILES string of the molecule is CC(C)(C)c1ccccc1NC(=O)C1(C(=O)NC2CCS(=O)(=O)C2)CC1. The monoisotopic (exact) mass is 378 g/mol. The van der Waals surface area contributed by atoms with Gasteiger partial charge in [0.05, 0.1) is 11.5 Å². The van der Waals surface area contributed by atoms with Crippen molar-refractivity contribution >= 4 is 27.3 Å². The summed E-state index contributed by atoms with van der Waals surface area (Å²) < 4.78 is 23.1. The van der Waals surface area contributed by atoms with E-state index < -0.39 is 15.3 Å². The minimum atomic E-state index is -3.07. The summed E-state index contributed by atoms with van der Waals surface area (Å²) in [6, 6.07) is 7.21. The summed E-state index contributed by atoms with van der Waals surface area (Å²) in [6.07, 6.45) is 1.39. The first kappa shape index (κ1) is 18.9. The van der Waals surface area contributed by atoms with Gasteiger partial charge in [-0.25, -0.2) is 8.42 Å². The molecule has 1 atom stereocenters. The Morgan fingerprint density at radius 1 is 1.12 bits per heavy atom. The van der Waals surface area contributed by atoms with Crippen molar-refractivity contribution in [2.24, 2.45) is 5.41 Å². The average Bonchev–Trinajstić information content (AvgIpc) is 3.27. The topological polar surface area (TPSA) is 92.3 Å². The van der Waals surface area contributed by atoms with E-state index in [1.807, 2.05) is 24.3 Å². The summed E-state index contributed by atoms with van der Waals surface area (Å²) in [5.41, 5.74) is 0.511. The highest BCUT2D eigenvalue weighted by atomic mass is 32.2. The van der Waals surface area contributed by atoms with Gasteiger partial charge in [0.2, 0.25) is 11.8 Å². The molecule has 6 nitrogen and oxygen atoms in total. The highest BCUT2D eigenvalue weighted by Gasteiger charge is 2.57. The zero-order valence-electron chi connectivity index (χ0n) is 15.5. The number of nitrogens with one attached hydrogen (secondary N) is 2. The Bertz CT molecular complexity index is 835. The van der Waals surface area contributed by atoms with Gasteiger partial charge in [-0.1, -0.05) is 39.0 Å². The average molecular weight is 378 g/mol. The minimum Gasteiger partial charge on any atom is -0.351 e. The summed E-state index contributed by atoms with van der Waals surface area (Å²) in [5, 5.41) is 5.69. The number of para-hydroxylation sites is 1. The molecule has 1 aromatic carbocycles. The third kappa shape index (κ3) is 3.77. The van der Waals surface area contributed by atoms with Gasteiger partial charge in [-0.3, -0.25) is 9.59 Å². The molecule has 0 aromatic heterocycles. The molecule has 2 amide bonds. The van der Waals surface area contributed by atoms with Crippen LogP contribution in [0.5, 0.6) is 0 Å². The van der Waals surface area contributed by atoms with Gasteiger partial charge in [-0.15, -0.1) is 0 Å². The van der Waals surface area contributed by atoms with Crippen LogP contribution in [0, 0.1) is 5.41 Å². The summed E-state index contributed by atoms with van der Waals surface area (Å²) in [7, 11) is -3.07. The fraction of sp³-hybridized carbons (Fsp3) is 0.579. The molecule has 26 heavy (non-hydrogen) atoms. The molecule has 0 spiro atoms. The Kier molecular flexibility index (Phi) is 4.63. The van der Waals surface area contributed by atoms with Gasteiger partial charge in [0.1, 0.15) is 5.41 Å². The van der Waals surface area contributed by atoms with Crippen molar-refractivity contribution in [2.45, 2.75) is 51.5 Å². The first-order valence-corrected chi connectivity index (χ1v) is 10.8.